The number of allylic oxidation sites excluding steroid dienone is 1. The Morgan fingerprint density at radius 2 is 0.971 bits per heavy atom. The van der Waals surface area contributed by atoms with Crippen molar-refractivity contribution in [2.75, 3.05) is 0 Å². The van der Waals surface area contributed by atoms with Crippen molar-refractivity contribution in [3.05, 3.63) is 74.5 Å². The topological polar surface area (TPSA) is 90.4 Å². The number of halogens is 8. The number of rotatable bonds is 0. The van der Waals surface area contributed by atoms with Crippen molar-refractivity contribution in [2.45, 2.75) is 0 Å². The summed E-state index contributed by atoms with van der Waals surface area (Å²) in [7, 11) is 0. The molecule has 0 spiro atoms. The van der Waals surface area contributed by atoms with Gasteiger partial charge in [-0.2, -0.15) is 10.5 Å². The molecule has 34 heavy (non-hydrogen) atoms. The van der Waals surface area contributed by atoms with Crippen LogP contribution in [-0.4, -0.2) is 16.0 Å². The lowest BCUT2D eigenvalue weighted by atomic mass is 9.98. The predicted octanol–water partition coefficient (Wildman–Crippen LogP) is 4.63. The van der Waals surface area contributed by atoms with E-state index in [0.29, 0.717) is 0 Å². The van der Waals surface area contributed by atoms with Crippen molar-refractivity contribution in [2.24, 2.45) is 0 Å². The van der Waals surface area contributed by atoms with Crippen LogP contribution in [0, 0.1) is 69.2 Å². The number of aromatic nitrogens is 2. The van der Waals surface area contributed by atoms with E-state index in [2.05, 4.69) is 10.2 Å². The van der Waals surface area contributed by atoms with Gasteiger partial charge in [0.15, 0.2) is 52.3 Å². The minimum absolute atomic E-state index is 0.794. The number of carbonyl (C=O) groups excluding carboxylic acids is 1. The average molecular weight is 476 g/mol. The third-order valence-electron chi connectivity index (χ3n) is 5.41. The maximum atomic E-state index is 14.9. The first kappa shape index (κ1) is 21.2. The number of carbonyl (C=O) groups is 1. The van der Waals surface area contributed by atoms with Gasteiger partial charge in [-0.1, -0.05) is 0 Å². The van der Waals surface area contributed by atoms with E-state index in [4.69, 9.17) is 0 Å². The highest BCUT2D eigenvalue weighted by Crippen LogP contribution is 2.53. The second-order valence-corrected chi connectivity index (χ2v) is 6.96. The van der Waals surface area contributed by atoms with Crippen molar-refractivity contribution in [1.29, 1.82) is 10.5 Å². The Kier molecular flexibility index (Phi) is 4.17. The van der Waals surface area contributed by atoms with Gasteiger partial charge in [0.1, 0.15) is 29.1 Å². The summed E-state index contributed by atoms with van der Waals surface area (Å²) in [6.07, 6.45) is 0. The van der Waals surface area contributed by atoms with Crippen LogP contribution in [0.1, 0.15) is 27.2 Å². The minimum atomic E-state index is -2.35. The highest BCUT2D eigenvalue weighted by molar-refractivity contribution is 6.26. The number of nitriles is 2. The fourth-order valence-electron chi connectivity index (χ4n) is 4.04. The molecule has 1 aromatic heterocycles. The van der Waals surface area contributed by atoms with Crippen molar-refractivity contribution in [1.82, 2.24) is 10.2 Å². The zero-order valence-electron chi connectivity index (χ0n) is 15.7. The van der Waals surface area contributed by atoms with E-state index in [0.717, 1.165) is 0 Å². The van der Waals surface area contributed by atoms with Crippen LogP contribution in [0.3, 0.4) is 0 Å². The standard InChI is InChI=1S/C21F8N4O/c22-11-5-4(3(1-30)2-31)19-7(6(5)12(23)16(27)15(11)26)10-20(33-32-19)8-9(21(10)34)14(25)18(29)17(28)13(8)24. The molecular weight excluding hydrogens is 476 g/mol. The van der Waals surface area contributed by atoms with Crippen LogP contribution in [0.2, 0.25) is 0 Å². The van der Waals surface area contributed by atoms with Gasteiger partial charge in [0.2, 0.25) is 0 Å². The summed E-state index contributed by atoms with van der Waals surface area (Å²) in [4.78, 5) is 13.0. The SMILES string of the molecule is N#CC(C#N)=C1c2nnc3c(c2-c2c(F)c(F)c(F)c(F)c21)C(=O)c1c(F)c(F)c(F)c(F)c1-3. The molecule has 0 atom stereocenters. The highest BCUT2D eigenvalue weighted by atomic mass is 19.2. The summed E-state index contributed by atoms with van der Waals surface area (Å²) < 4.78 is 114. The Labute approximate surface area is 181 Å². The van der Waals surface area contributed by atoms with Gasteiger partial charge in [-0.15, -0.1) is 10.2 Å². The molecule has 0 N–H and O–H groups in total. The molecule has 0 unspecified atom stereocenters. The lowest BCUT2D eigenvalue weighted by Gasteiger charge is -2.08. The largest absolute Gasteiger partial charge is 0.288 e. The first-order valence-corrected chi connectivity index (χ1v) is 8.81. The molecular formula is C21F8N4O. The molecule has 0 saturated heterocycles. The summed E-state index contributed by atoms with van der Waals surface area (Å²) in [5.74, 6) is -19.2. The molecule has 0 radical (unpaired) electrons. The summed E-state index contributed by atoms with van der Waals surface area (Å²) >= 11 is 0. The quantitative estimate of drug-likeness (QED) is 0.141. The van der Waals surface area contributed by atoms with Gasteiger partial charge >= 0.3 is 0 Å². The molecule has 2 aromatic carbocycles. The van der Waals surface area contributed by atoms with Gasteiger partial charge in [0.25, 0.3) is 0 Å². The number of benzene rings is 2. The Morgan fingerprint density at radius 3 is 1.50 bits per heavy atom. The maximum absolute atomic E-state index is 14.9. The lowest BCUT2D eigenvalue weighted by molar-refractivity contribution is 0.103. The van der Waals surface area contributed by atoms with E-state index < -0.39 is 108 Å². The molecule has 5 nitrogen and oxygen atoms in total. The van der Waals surface area contributed by atoms with Crippen molar-refractivity contribution >= 4 is 11.4 Å². The normalized spacial score (nSPS) is 12.6. The van der Waals surface area contributed by atoms with E-state index >= 15 is 0 Å². The Hall–Kier alpha value is -4.65. The van der Waals surface area contributed by atoms with E-state index in [-0.39, 0.29) is 0 Å². The summed E-state index contributed by atoms with van der Waals surface area (Å²) in [5.41, 5.74) is -10.3. The molecule has 0 bridgehead atoms. The number of hydrogen-bond acceptors (Lipinski definition) is 5. The first-order valence-electron chi connectivity index (χ1n) is 8.81. The van der Waals surface area contributed by atoms with E-state index in [1.165, 1.54) is 12.1 Å². The zero-order chi connectivity index (χ0) is 24.8. The molecule has 5 rings (SSSR count). The summed E-state index contributed by atoms with van der Waals surface area (Å²) in [6.45, 7) is 0. The van der Waals surface area contributed by atoms with Gasteiger partial charge in [-0.25, -0.2) is 35.1 Å². The number of hydrogen-bond donors (Lipinski definition) is 0. The van der Waals surface area contributed by atoms with E-state index in [9.17, 15) is 50.4 Å². The third-order valence-corrected chi connectivity index (χ3v) is 5.41. The fourth-order valence-corrected chi connectivity index (χ4v) is 4.04. The van der Waals surface area contributed by atoms with E-state index in [1.54, 1.807) is 0 Å². The molecule has 0 saturated carbocycles. The van der Waals surface area contributed by atoms with Crippen LogP contribution in [0.25, 0.3) is 28.0 Å². The fraction of sp³-hybridized carbons (Fsp3) is 0. The Balaban J connectivity index is 2.03. The molecule has 0 fully saturated rings. The monoisotopic (exact) mass is 476 g/mol. The van der Waals surface area contributed by atoms with Crippen LogP contribution in [0.15, 0.2) is 5.57 Å². The molecule has 13 heteroatoms. The van der Waals surface area contributed by atoms with Gasteiger partial charge in [-0.05, 0) is 0 Å². The Bertz CT molecular complexity index is 1660. The van der Waals surface area contributed by atoms with Gasteiger partial charge in [0.05, 0.1) is 16.7 Å². The van der Waals surface area contributed by atoms with Crippen LogP contribution < -0.4 is 0 Å². The number of ketones is 1. The number of fused-ring (bicyclic) bond motifs is 7. The second kappa shape index (κ2) is 6.68. The molecule has 2 aliphatic carbocycles. The number of nitrogens with zero attached hydrogens (tertiary/aromatic N) is 4. The lowest BCUT2D eigenvalue weighted by Crippen LogP contribution is -2.07. The first-order chi connectivity index (χ1) is 16.1. The smallest absolute Gasteiger partial charge is 0.199 e. The van der Waals surface area contributed by atoms with Crippen LogP contribution in [-0.2, 0) is 0 Å². The van der Waals surface area contributed by atoms with Crippen molar-refractivity contribution in [3.63, 3.8) is 0 Å². The van der Waals surface area contributed by atoms with Crippen molar-refractivity contribution < 1.29 is 39.9 Å². The van der Waals surface area contributed by atoms with Crippen LogP contribution >= 0.6 is 0 Å². The third kappa shape index (κ3) is 2.23. The minimum Gasteiger partial charge on any atom is -0.288 e. The van der Waals surface area contributed by atoms with Crippen LogP contribution in [0.4, 0.5) is 35.1 Å². The molecule has 2 aliphatic rings. The molecule has 1 heterocycles. The van der Waals surface area contributed by atoms with Gasteiger partial charge < -0.3 is 0 Å². The zero-order valence-corrected chi connectivity index (χ0v) is 15.7. The summed E-state index contributed by atoms with van der Waals surface area (Å²) in [6, 6.07) is 2.65. The predicted molar refractivity (Wildman–Crippen MR) is 93.2 cm³/mol. The summed E-state index contributed by atoms with van der Waals surface area (Å²) in [5, 5.41) is 25.4. The molecule has 0 amide bonds. The Morgan fingerprint density at radius 1 is 0.529 bits per heavy atom. The molecule has 166 valence electrons. The molecule has 0 aliphatic heterocycles. The highest BCUT2D eigenvalue weighted by Gasteiger charge is 2.46. The molecule has 3 aromatic rings. The van der Waals surface area contributed by atoms with Crippen LogP contribution in [0.5, 0.6) is 0 Å². The maximum Gasteiger partial charge on any atom is 0.199 e. The van der Waals surface area contributed by atoms with Gasteiger partial charge in [-0.3, -0.25) is 4.79 Å². The van der Waals surface area contributed by atoms with Gasteiger partial charge in [0, 0.05) is 22.3 Å². The second-order valence-electron chi connectivity index (χ2n) is 6.96. The van der Waals surface area contributed by atoms with Crippen molar-refractivity contribution in [3.8, 4) is 34.5 Å². The average Bonchev–Trinajstić information content (AvgIpc) is 3.32. The van der Waals surface area contributed by atoms with E-state index in [1.807, 2.05) is 0 Å².